The average molecular weight is 125 g/mol. The number of rotatable bonds is 4. The van der Waals surface area contributed by atoms with Crippen LogP contribution in [0, 0.1) is 0 Å². The van der Waals surface area contributed by atoms with E-state index < -0.39 is 0 Å². The van der Waals surface area contributed by atoms with Gasteiger partial charge in [0.1, 0.15) is 5.60 Å². The van der Waals surface area contributed by atoms with E-state index in [0.717, 1.165) is 19.3 Å². The molecule has 0 spiro atoms. The molecular weight excluding hydrogens is 116 g/mol. The molecule has 0 atom stereocenters. The molecule has 1 fully saturated rings. The van der Waals surface area contributed by atoms with Gasteiger partial charge < -0.3 is 4.74 Å². The van der Waals surface area contributed by atoms with Crippen molar-refractivity contribution in [3.05, 3.63) is 12.7 Å². The topological polar surface area (TPSA) is 26.3 Å². The quantitative estimate of drug-likeness (QED) is 0.527. The maximum Gasteiger partial charge on any atom is 0.418 e. The summed E-state index contributed by atoms with van der Waals surface area (Å²) in [7, 11) is 0. The monoisotopic (exact) mass is 125 g/mol. The molecule has 2 nitrogen and oxygen atoms in total. The molecule has 49 valence electrons. The molecule has 0 aromatic heterocycles. The molecule has 0 amide bonds. The maximum absolute atomic E-state index is 9.75. The first-order valence-electron chi connectivity index (χ1n) is 2.99. The highest BCUT2D eigenvalue weighted by atomic mass is 16.5. The van der Waals surface area contributed by atoms with Gasteiger partial charge in [0, 0.05) is 6.42 Å². The third-order valence-electron chi connectivity index (χ3n) is 1.58. The van der Waals surface area contributed by atoms with Crippen LogP contribution < -0.4 is 0 Å². The Morgan fingerprint density at radius 2 is 2.44 bits per heavy atom. The lowest BCUT2D eigenvalue weighted by Crippen LogP contribution is -2.10. The normalized spacial score (nSPS) is 20.4. The largest absolute Gasteiger partial charge is 0.450 e. The molecule has 0 saturated heterocycles. The minimum absolute atomic E-state index is 0.191. The summed E-state index contributed by atoms with van der Waals surface area (Å²) in [5, 5.41) is 0. The Morgan fingerprint density at radius 1 is 1.78 bits per heavy atom. The smallest absolute Gasteiger partial charge is 0.418 e. The SMILES string of the molecule is C=CCC1(O[C]=O)CC1. The van der Waals surface area contributed by atoms with E-state index in [9.17, 15) is 4.79 Å². The van der Waals surface area contributed by atoms with Crippen LogP contribution in [0.3, 0.4) is 0 Å². The maximum atomic E-state index is 9.75. The van der Waals surface area contributed by atoms with E-state index in [2.05, 4.69) is 6.58 Å². The molecule has 0 aromatic carbocycles. The van der Waals surface area contributed by atoms with Crippen LogP contribution in [0.25, 0.3) is 0 Å². The standard InChI is InChI=1S/C7H9O2/c1-2-3-7(4-5-7)9-6-8/h2H,1,3-5H2. The zero-order chi connectivity index (χ0) is 6.74. The van der Waals surface area contributed by atoms with E-state index in [0.29, 0.717) is 0 Å². The van der Waals surface area contributed by atoms with E-state index in [-0.39, 0.29) is 5.60 Å². The first-order valence-corrected chi connectivity index (χ1v) is 2.99. The van der Waals surface area contributed by atoms with Crippen molar-refractivity contribution < 1.29 is 9.53 Å². The van der Waals surface area contributed by atoms with E-state index in [1.807, 2.05) is 0 Å². The zero-order valence-corrected chi connectivity index (χ0v) is 5.22. The molecule has 0 bridgehead atoms. The van der Waals surface area contributed by atoms with Gasteiger partial charge in [0.2, 0.25) is 0 Å². The van der Waals surface area contributed by atoms with Crippen LogP contribution in [-0.4, -0.2) is 12.1 Å². The van der Waals surface area contributed by atoms with E-state index in [1.54, 1.807) is 6.08 Å². The Kier molecular flexibility index (Phi) is 1.56. The van der Waals surface area contributed by atoms with Gasteiger partial charge in [0.25, 0.3) is 0 Å². The molecular formula is C7H9O2. The fourth-order valence-electron chi connectivity index (χ4n) is 0.839. The van der Waals surface area contributed by atoms with Gasteiger partial charge >= 0.3 is 6.47 Å². The van der Waals surface area contributed by atoms with Gasteiger partial charge in [0.05, 0.1) is 0 Å². The van der Waals surface area contributed by atoms with Gasteiger partial charge in [-0.15, -0.1) is 6.58 Å². The van der Waals surface area contributed by atoms with Crippen molar-refractivity contribution >= 4 is 6.47 Å². The molecule has 0 aliphatic heterocycles. The second-order valence-corrected chi connectivity index (χ2v) is 2.36. The minimum Gasteiger partial charge on any atom is -0.450 e. The summed E-state index contributed by atoms with van der Waals surface area (Å²) in [6, 6.07) is 0. The van der Waals surface area contributed by atoms with Gasteiger partial charge in [-0.2, -0.15) is 0 Å². The Bertz CT molecular complexity index is 113. The van der Waals surface area contributed by atoms with Crippen LogP contribution in [-0.2, 0) is 9.53 Å². The van der Waals surface area contributed by atoms with Crippen LogP contribution in [0.5, 0.6) is 0 Å². The Hall–Kier alpha value is -0.790. The highest BCUT2D eigenvalue weighted by Gasteiger charge is 2.44. The van der Waals surface area contributed by atoms with Gasteiger partial charge in [-0.1, -0.05) is 6.08 Å². The van der Waals surface area contributed by atoms with Gasteiger partial charge in [-0.3, -0.25) is 0 Å². The summed E-state index contributed by atoms with van der Waals surface area (Å²) in [6.45, 7) is 5.02. The van der Waals surface area contributed by atoms with Crippen LogP contribution in [0.4, 0.5) is 0 Å². The van der Waals surface area contributed by atoms with Gasteiger partial charge in [0.15, 0.2) is 0 Å². The molecule has 1 aliphatic carbocycles. The van der Waals surface area contributed by atoms with Crippen LogP contribution in [0.1, 0.15) is 19.3 Å². The lowest BCUT2D eigenvalue weighted by molar-refractivity contribution is 0.157. The highest BCUT2D eigenvalue weighted by molar-refractivity contribution is 5.40. The summed E-state index contributed by atoms with van der Waals surface area (Å²) in [5.41, 5.74) is -0.191. The fraction of sp³-hybridized carbons (Fsp3) is 0.571. The van der Waals surface area contributed by atoms with Crippen molar-refractivity contribution in [2.75, 3.05) is 0 Å². The number of hydrogen-bond acceptors (Lipinski definition) is 2. The molecule has 1 radical (unpaired) electrons. The fourth-order valence-corrected chi connectivity index (χ4v) is 0.839. The lowest BCUT2D eigenvalue weighted by atomic mass is 10.2. The third kappa shape index (κ3) is 1.31. The van der Waals surface area contributed by atoms with E-state index in [4.69, 9.17) is 4.74 Å². The average Bonchev–Trinajstić information content (AvgIpc) is 2.51. The van der Waals surface area contributed by atoms with Crippen molar-refractivity contribution in [1.82, 2.24) is 0 Å². The molecule has 1 rings (SSSR count). The first-order chi connectivity index (χ1) is 4.33. The molecule has 0 unspecified atom stereocenters. The summed E-state index contributed by atoms with van der Waals surface area (Å²) in [4.78, 5) is 9.75. The zero-order valence-electron chi connectivity index (χ0n) is 5.22. The number of carbonyl (C=O) groups excluding carboxylic acids is 1. The summed E-state index contributed by atoms with van der Waals surface area (Å²) >= 11 is 0. The lowest BCUT2D eigenvalue weighted by Gasteiger charge is -2.07. The number of ether oxygens (including phenoxy) is 1. The summed E-state index contributed by atoms with van der Waals surface area (Å²) < 4.78 is 4.70. The van der Waals surface area contributed by atoms with Crippen molar-refractivity contribution in [2.45, 2.75) is 24.9 Å². The predicted octanol–water partition coefficient (Wildman–Crippen LogP) is 1.18. The van der Waals surface area contributed by atoms with Crippen molar-refractivity contribution in [2.24, 2.45) is 0 Å². The Morgan fingerprint density at radius 3 is 2.78 bits per heavy atom. The minimum atomic E-state index is -0.191. The van der Waals surface area contributed by atoms with Crippen LogP contribution in [0.15, 0.2) is 12.7 Å². The Balaban J connectivity index is 2.32. The molecule has 1 aliphatic rings. The van der Waals surface area contributed by atoms with Crippen LogP contribution >= 0.6 is 0 Å². The molecule has 0 N–H and O–H groups in total. The second-order valence-electron chi connectivity index (χ2n) is 2.36. The van der Waals surface area contributed by atoms with Gasteiger partial charge in [-0.05, 0) is 12.8 Å². The molecule has 0 aromatic rings. The van der Waals surface area contributed by atoms with Crippen molar-refractivity contribution in [3.8, 4) is 0 Å². The third-order valence-corrected chi connectivity index (χ3v) is 1.58. The highest BCUT2D eigenvalue weighted by Crippen LogP contribution is 2.42. The molecule has 0 heterocycles. The predicted molar refractivity (Wildman–Crippen MR) is 33.6 cm³/mol. The van der Waals surface area contributed by atoms with E-state index in [1.165, 1.54) is 6.47 Å². The second kappa shape index (κ2) is 2.21. The molecule has 2 heteroatoms. The molecule has 9 heavy (non-hydrogen) atoms. The summed E-state index contributed by atoms with van der Waals surface area (Å²) in [5.74, 6) is 0. The summed E-state index contributed by atoms with van der Waals surface area (Å²) in [6.07, 6.45) is 4.47. The van der Waals surface area contributed by atoms with Crippen LogP contribution in [0.2, 0.25) is 0 Å². The molecule has 1 saturated carbocycles. The Labute approximate surface area is 54.5 Å². The van der Waals surface area contributed by atoms with Crippen molar-refractivity contribution in [3.63, 3.8) is 0 Å². The first kappa shape index (κ1) is 6.33. The number of hydrogen-bond donors (Lipinski definition) is 0. The van der Waals surface area contributed by atoms with Crippen molar-refractivity contribution in [1.29, 1.82) is 0 Å². The van der Waals surface area contributed by atoms with E-state index >= 15 is 0 Å². The van der Waals surface area contributed by atoms with Gasteiger partial charge in [-0.25, -0.2) is 4.79 Å².